The number of nitrogens with zero attached hydrogens (tertiary/aromatic N) is 3. The number of carbonyl (C=O) groups is 1. The molecule has 0 bridgehead atoms. The topological polar surface area (TPSA) is 92.6 Å². The molecular formula is C19H19N3O4. The lowest BCUT2D eigenvalue weighted by atomic mass is 10.2. The zero-order valence-corrected chi connectivity index (χ0v) is 14.3. The smallest absolute Gasteiger partial charge is 0.290 e. The van der Waals surface area contributed by atoms with Crippen LogP contribution in [0.4, 0.5) is 0 Å². The van der Waals surface area contributed by atoms with Crippen LogP contribution in [0.2, 0.25) is 0 Å². The van der Waals surface area contributed by atoms with Gasteiger partial charge in [-0.05, 0) is 12.1 Å². The highest BCUT2D eigenvalue weighted by atomic mass is 16.5. The van der Waals surface area contributed by atoms with Gasteiger partial charge in [0.2, 0.25) is 5.89 Å². The number of hydrogen-bond donors (Lipinski definition) is 1. The second-order valence-electron chi connectivity index (χ2n) is 6.30. The van der Waals surface area contributed by atoms with Crippen molar-refractivity contribution in [2.24, 2.45) is 0 Å². The molecule has 4 rings (SSSR count). The van der Waals surface area contributed by atoms with Crippen LogP contribution in [0, 0.1) is 0 Å². The molecule has 1 aromatic carbocycles. The van der Waals surface area contributed by atoms with Crippen molar-refractivity contribution < 1.29 is 18.8 Å². The van der Waals surface area contributed by atoms with Gasteiger partial charge in [-0.15, -0.1) is 0 Å². The minimum absolute atomic E-state index is 0.203. The number of carbonyl (C=O) groups excluding carboxylic acids is 1. The maximum absolute atomic E-state index is 12.9. The van der Waals surface area contributed by atoms with Crippen LogP contribution in [0.1, 0.15) is 41.7 Å². The van der Waals surface area contributed by atoms with Crippen molar-refractivity contribution in [2.75, 3.05) is 6.54 Å². The van der Waals surface area contributed by atoms with Crippen molar-refractivity contribution in [1.82, 2.24) is 15.0 Å². The van der Waals surface area contributed by atoms with Crippen LogP contribution >= 0.6 is 0 Å². The Kier molecular flexibility index (Phi) is 4.30. The molecule has 7 heteroatoms. The second kappa shape index (κ2) is 6.76. The molecule has 3 heterocycles. The molecule has 1 amide bonds. The SMILES string of the molecule is CCc1noc([C@H]2C[C@H](O)CN2C(=O)c2ccc(-c3ccccc3)o2)n1. The summed E-state index contributed by atoms with van der Waals surface area (Å²) in [7, 11) is 0. The average molecular weight is 353 g/mol. The third kappa shape index (κ3) is 3.01. The number of aliphatic hydroxyl groups is 1. The average Bonchev–Trinajstić information content (AvgIpc) is 3.40. The first-order chi connectivity index (χ1) is 12.7. The Morgan fingerprint density at radius 3 is 2.81 bits per heavy atom. The summed E-state index contributed by atoms with van der Waals surface area (Å²) in [6.07, 6.45) is 0.374. The monoisotopic (exact) mass is 353 g/mol. The number of aliphatic hydroxyl groups excluding tert-OH is 1. The highest BCUT2D eigenvalue weighted by Gasteiger charge is 2.40. The molecule has 0 unspecified atom stereocenters. The van der Waals surface area contributed by atoms with E-state index < -0.39 is 12.1 Å². The zero-order valence-electron chi connectivity index (χ0n) is 14.3. The summed E-state index contributed by atoms with van der Waals surface area (Å²) < 4.78 is 11.0. The number of rotatable bonds is 4. The fraction of sp³-hybridized carbons (Fsp3) is 0.316. The van der Waals surface area contributed by atoms with Crippen molar-refractivity contribution in [3.05, 3.63) is 59.9 Å². The first kappa shape index (κ1) is 16.5. The van der Waals surface area contributed by atoms with E-state index in [-0.39, 0.29) is 18.2 Å². The third-order valence-corrected chi connectivity index (χ3v) is 4.50. The lowest BCUT2D eigenvalue weighted by Gasteiger charge is -2.20. The summed E-state index contributed by atoms with van der Waals surface area (Å²) in [4.78, 5) is 18.8. The van der Waals surface area contributed by atoms with E-state index in [0.717, 1.165) is 5.56 Å². The van der Waals surface area contributed by atoms with Gasteiger partial charge in [0.25, 0.3) is 5.91 Å². The van der Waals surface area contributed by atoms with Crippen molar-refractivity contribution in [3.8, 4) is 11.3 Å². The number of aryl methyl sites for hydroxylation is 1. The fourth-order valence-electron chi connectivity index (χ4n) is 3.17. The van der Waals surface area contributed by atoms with Crippen LogP contribution in [0.15, 0.2) is 51.4 Å². The fourth-order valence-corrected chi connectivity index (χ4v) is 3.17. The Balaban J connectivity index is 1.59. The van der Waals surface area contributed by atoms with E-state index in [9.17, 15) is 9.90 Å². The predicted molar refractivity (Wildman–Crippen MR) is 92.2 cm³/mol. The summed E-state index contributed by atoms with van der Waals surface area (Å²) >= 11 is 0. The molecule has 3 aromatic rings. The lowest BCUT2D eigenvalue weighted by Crippen LogP contribution is -2.31. The van der Waals surface area contributed by atoms with E-state index in [0.29, 0.717) is 30.3 Å². The molecule has 1 N–H and O–H groups in total. The van der Waals surface area contributed by atoms with Crippen molar-refractivity contribution >= 4 is 5.91 Å². The van der Waals surface area contributed by atoms with Gasteiger partial charge >= 0.3 is 0 Å². The van der Waals surface area contributed by atoms with Gasteiger partial charge in [-0.3, -0.25) is 4.79 Å². The number of β-amino-alcohol motifs (C(OH)–C–C–N with tert-alkyl or cyclic N) is 1. The normalized spacial score (nSPS) is 19.8. The first-order valence-corrected chi connectivity index (χ1v) is 8.62. The molecule has 2 aromatic heterocycles. The standard InChI is InChI=1S/C19H19N3O4/c1-2-17-20-18(26-21-17)14-10-13(23)11-22(14)19(24)16-9-8-15(25-16)12-6-4-3-5-7-12/h3-9,13-14,23H,2,10-11H2,1H3/t13-,14+/m0/s1. The van der Waals surface area contributed by atoms with Gasteiger partial charge in [-0.1, -0.05) is 42.4 Å². The molecule has 0 aliphatic carbocycles. The minimum Gasteiger partial charge on any atom is -0.451 e. The number of likely N-dealkylation sites (tertiary alicyclic amines) is 1. The summed E-state index contributed by atoms with van der Waals surface area (Å²) in [6.45, 7) is 2.13. The molecule has 7 nitrogen and oxygen atoms in total. The first-order valence-electron chi connectivity index (χ1n) is 8.62. The maximum atomic E-state index is 12.9. The van der Waals surface area contributed by atoms with Gasteiger partial charge in [0.1, 0.15) is 11.8 Å². The number of aromatic nitrogens is 2. The lowest BCUT2D eigenvalue weighted by molar-refractivity contribution is 0.0662. The van der Waals surface area contributed by atoms with Gasteiger partial charge in [0.05, 0.1) is 6.10 Å². The molecule has 134 valence electrons. The van der Waals surface area contributed by atoms with Crippen molar-refractivity contribution in [2.45, 2.75) is 31.9 Å². The number of amides is 1. The van der Waals surface area contributed by atoms with E-state index >= 15 is 0 Å². The number of furan rings is 1. The van der Waals surface area contributed by atoms with Crippen LogP contribution in [0.25, 0.3) is 11.3 Å². The Morgan fingerprint density at radius 1 is 1.27 bits per heavy atom. The maximum Gasteiger partial charge on any atom is 0.290 e. The minimum atomic E-state index is -0.635. The van der Waals surface area contributed by atoms with Crippen LogP contribution < -0.4 is 0 Å². The van der Waals surface area contributed by atoms with E-state index in [4.69, 9.17) is 8.94 Å². The molecule has 0 saturated carbocycles. The Hall–Kier alpha value is -2.93. The molecule has 1 aliphatic heterocycles. The third-order valence-electron chi connectivity index (χ3n) is 4.50. The van der Waals surface area contributed by atoms with E-state index in [2.05, 4.69) is 10.1 Å². The molecule has 2 atom stereocenters. The predicted octanol–water partition coefficient (Wildman–Crippen LogP) is 2.84. The Morgan fingerprint density at radius 2 is 2.08 bits per heavy atom. The molecular weight excluding hydrogens is 334 g/mol. The highest BCUT2D eigenvalue weighted by Crippen LogP contribution is 2.33. The van der Waals surface area contributed by atoms with Crippen LogP contribution in [0.3, 0.4) is 0 Å². The van der Waals surface area contributed by atoms with Crippen LogP contribution in [-0.2, 0) is 6.42 Å². The van der Waals surface area contributed by atoms with Gasteiger partial charge in [-0.25, -0.2) is 0 Å². The van der Waals surface area contributed by atoms with Crippen LogP contribution in [0.5, 0.6) is 0 Å². The molecule has 1 aliphatic rings. The molecule has 0 radical (unpaired) electrons. The van der Waals surface area contributed by atoms with Crippen LogP contribution in [-0.4, -0.2) is 38.7 Å². The molecule has 26 heavy (non-hydrogen) atoms. The second-order valence-corrected chi connectivity index (χ2v) is 6.30. The molecule has 1 saturated heterocycles. The van der Waals surface area contributed by atoms with Crippen molar-refractivity contribution in [3.63, 3.8) is 0 Å². The van der Waals surface area contributed by atoms with E-state index in [1.54, 1.807) is 12.1 Å². The van der Waals surface area contributed by atoms with Gasteiger partial charge in [0.15, 0.2) is 11.6 Å². The van der Waals surface area contributed by atoms with Gasteiger partial charge in [-0.2, -0.15) is 4.98 Å². The highest BCUT2D eigenvalue weighted by molar-refractivity contribution is 5.92. The number of hydrogen-bond acceptors (Lipinski definition) is 6. The molecule has 0 spiro atoms. The summed E-state index contributed by atoms with van der Waals surface area (Å²) in [5.41, 5.74) is 0.897. The van der Waals surface area contributed by atoms with E-state index in [1.165, 1.54) is 4.90 Å². The van der Waals surface area contributed by atoms with Gasteiger partial charge < -0.3 is 18.9 Å². The largest absolute Gasteiger partial charge is 0.451 e. The Labute approximate surface area is 150 Å². The van der Waals surface area contributed by atoms with Gasteiger partial charge in [0, 0.05) is 24.9 Å². The number of benzene rings is 1. The van der Waals surface area contributed by atoms with E-state index in [1.807, 2.05) is 37.3 Å². The van der Waals surface area contributed by atoms with Crippen molar-refractivity contribution in [1.29, 1.82) is 0 Å². The quantitative estimate of drug-likeness (QED) is 0.775. The Bertz CT molecular complexity index is 902. The summed E-state index contributed by atoms with van der Waals surface area (Å²) in [5.74, 6) is 1.47. The summed E-state index contributed by atoms with van der Waals surface area (Å²) in [5, 5.41) is 13.9. The summed E-state index contributed by atoms with van der Waals surface area (Å²) in [6, 6.07) is 12.5. The molecule has 1 fully saturated rings. The zero-order chi connectivity index (χ0) is 18.1.